The van der Waals surface area contributed by atoms with E-state index in [-0.39, 0.29) is 0 Å². The van der Waals surface area contributed by atoms with Gasteiger partial charge in [-0.1, -0.05) is 97.1 Å². The molecule has 4 aromatic carbocycles. The Morgan fingerprint density at radius 1 is 0.700 bits per heavy atom. The maximum Gasteiger partial charge on any atom is 0.1000 e. The van der Waals surface area contributed by atoms with Crippen molar-refractivity contribution in [2.45, 2.75) is 6.42 Å². The Hall–Kier alpha value is -3.91. The van der Waals surface area contributed by atoms with E-state index in [1.54, 1.807) is 0 Å². The summed E-state index contributed by atoms with van der Waals surface area (Å²) in [5, 5.41) is 7.41. The number of nitrogens with zero attached hydrogens (tertiary/aromatic N) is 2. The summed E-state index contributed by atoms with van der Waals surface area (Å²) in [6.45, 7) is 0. The Morgan fingerprint density at radius 2 is 1.40 bits per heavy atom. The van der Waals surface area contributed by atoms with Crippen molar-refractivity contribution < 1.29 is 0 Å². The second kappa shape index (κ2) is 8.22. The normalized spacial score (nSPS) is 11.3. The van der Waals surface area contributed by atoms with E-state index >= 15 is 0 Å². The average molecular weight is 386 g/mol. The molecule has 0 aliphatic carbocycles. The molecule has 0 saturated carbocycles. The fraction of sp³-hybridized carbons (Fsp3) is 0.0357. The van der Waals surface area contributed by atoms with E-state index in [0.717, 1.165) is 28.9 Å². The lowest BCUT2D eigenvalue weighted by Crippen LogP contribution is -1.94. The fourth-order valence-corrected chi connectivity index (χ4v) is 3.72. The van der Waals surface area contributed by atoms with Gasteiger partial charge in [-0.3, -0.25) is 0 Å². The van der Waals surface area contributed by atoms with Gasteiger partial charge in [0.1, 0.15) is 0 Å². The SMILES string of the molecule is C(=C\c1cn(-c2ccccc2)nc1-c1ccc2ccccc2c1)/Cc1ccccc1. The van der Waals surface area contributed by atoms with Gasteiger partial charge in [-0.05, 0) is 41.0 Å². The van der Waals surface area contributed by atoms with E-state index in [0.29, 0.717) is 0 Å². The van der Waals surface area contributed by atoms with Crippen molar-refractivity contribution in [3.63, 3.8) is 0 Å². The van der Waals surface area contributed by atoms with Gasteiger partial charge in [-0.2, -0.15) is 5.10 Å². The van der Waals surface area contributed by atoms with Crippen LogP contribution in [0.25, 0.3) is 33.8 Å². The topological polar surface area (TPSA) is 17.8 Å². The molecule has 1 aromatic heterocycles. The predicted molar refractivity (Wildman–Crippen MR) is 126 cm³/mol. The van der Waals surface area contributed by atoms with Crippen LogP contribution in [0.1, 0.15) is 11.1 Å². The summed E-state index contributed by atoms with van der Waals surface area (Å²) in [6, 6.07) is 35.8. The van der Waals surface area contributed by atoms with Gasteiger partial charge in [0, 0.05) is 17.3 Å². The molecule has 0 N–H and O–H groups in total. The molecule has 144 valence electrons. The van der Waals surface area contributed by atoms with Crippen molar-refractivity contribution in [2.75, 3.05) is 0 Å². The number of benzene rings is 4. The third-order valence-electron chi connectivity index (χ3n) is 5.28. The molecule has 1 heterocycles. The van der Waals surface area contributed by atoms with Crippen LogP contribution in [0.4, 0.5) is 0 Å². The van der Waals surface area contributed by atoms with E-state index in [1.807, 2.05) is 22.9 Å². The van der Waals surface area contributed by atoms with Crippen LogP contribution in [0.2, 0.25) is 0 Å². The van der Waals surface area contributed by atoms with Gasteiger partial charge < -0.3 is 0 Å². The average Bonchev–Trinajstić information content (AvgIpc) is 3.24. The molecule has 0 unspecified atom stereocenters. The summed E-state index contributed by atoms with van der Waals surface area (Å²) in [6.07, 6.45) is 7.41. The number of allylic oxidation sites excluding steroid dienone is 1. The van der Waals surface area contributed by atoms with Gasteiger partial charge in [0.15, 0.2) is 0 Å². The highest BCUT2D eigenvalue weighted by Crippen LogP contribution is 2.28. The molecule has 0 saturated heterocycles. The first kappa shape index (κ1) is 18.1. The molecule has 2 heteroatoms. The summed E-state index contributed by atoms with van der Waals surface area (Å²) in [5.41, 5.74) is 5.60. The number of hydrogen-bond donors (Lipinski definition) is 0. The third kappa shape index (κ3) is 3.81. The summed E-state index contributed by atoms with van der Waals surface area (Å²) < 4.78 is 1.96. The Balaban J connectivity index is 1.56. The van der Waals surface area contributed by atoms with Crippen molar-refractivity contribution in [1.82, 2.24) is 9.78 Å². The molecule has 5 rings (SSSR count). The van der Waals surface area contributed by atoms with Gasteiger partial charge in [0.25, 0.3) is 0 Å². The zero-order valence-corrected chi connectivity index (χ0v) is 16.6. The van der Waals surface area contributed by atoms with E-state index < -0.39 is 0 Å². The van der Waals surface area contributed by atoms with Gasteiger partial charge in [0.2, 0.25) is 0 Å². The minimum Gasteiger partial charge on any atom is -0.240 e. The Bertz CT molecular complexity index is 1300. The first-order valence-electron chi connectivity index (χ1n) is 10.2. The quantitative estimate of drug-likeness (QED) is 0.320. The highest BCUT2D eigenvalue weighted by molar-refractivity contribution is 5.88. The van der Waals surface area contributed by atoms with Gasteiger partial charge in [0.05, 0.1) is 11.4 Å². The molecule has 5 aromatic rings. The Kier molecular flexibility index (Phi) is 4.97. The lowest BCUT2D eigenvalue weighted by atomic mass is 10.0. The van der Waals surface area contributed by atoms with Gasteiger partial charge in [-0.25, -0.2) is 4.68 Å². The molecule has 0 atom stereocenters. The number of fused-ring (bicyclic) bond motifs is 1. The van der Waals surface area contributed by atoms with Crippen molar-refractivity contribution in [1.29, 1.82) is 0 Å². The van der Waals surface area contributed by atoms with Crippen LogP contribution in [-0.4, -0.2) is 9.78 Å². The Labute approximate surface area is 176 Å². The van der Waals surface area contributed by atoms with Crippen LogP contribution in [0, 0.1) is 0 Å². The number of rotatable bonds is 5. The first-order valence-corrected chi connectivity index (χ1v) is 10.2. The van der Waals surface area contributed by atoms with Crippen LogP contribution >= 0.6 is 0 Å². The molecule has 30 heavy (non-hydrogen) atoms. The molecule has 0 radical (unpaired) electrons. The van der Waals surface area contributed by atoms with Crippen LogP contribution in [-0.2, 0) is 6.42 Å². The third-order valence-corrected chi connectivity index (χ3v) is 5.28. The monoisotopic (exact) mass is 386 g/mol. The second-order valence-corrected chi connectivity index (χ2v) is 7.37. The number of para-hydroxylation sites is 1. The molecule has 0 amide bonds. The number of hydrogen-bond acceptors (Lipinski definition) is 1. The van der Waals surface area contributed by atoms with E-state index in [9.17, 15) is 0 Å². The highest BCUT2D eigenvalue weighted by atomic mass is 15.3. The lowest BCUT2D eigenvalue weighted by molar-refractivity contribution is 0.884. The smallest absolute Gasteiger partial charge is 0.1000 e. The fourth-order valence-electron chi connectivity index (χ4n) is 3.72. The highest BCUT2D eigenvalue weighted by Gasteiger charge is 2.11. The summed E-state index contributed by atoms with van der Waals surface area (Å²) in [7, 11) is 0. The van der Waals surface area contributed by atoms with Crippen LogP contribution in [0.15, 0.2) is 115 Å². The molecule has 0 spiro atoms. The summed E-state index contributed by atoms with van der Waals surface area (Å²) in [4.78, 5) is 0. The van der Waals surface area contributed by atoms with E-state index in [2.05, 4.69) is 103 Å². The minimum absolute atomic E-state index is 0.897. The molecule has 2 nitrogen and oxygen atoms in total. The number of aromatic nitrogens is 2. The predicted octanol–water partition coefficient (Wildman–Crippen LogP) is 6.95. The molecule has 0 fully saturated rings. The summed E-state index contributed by atoms with van der Waals surface area (Å²) >= 11 is 0. The van der Waals surface area contributed by atoms with E-state index in [1.165, 1.54) is 16.3 Å². The van der Waals surface area contributed by atoms with Crippen LogP contribution < -0.4 is 0 Å². The Morgan fingerprint density at radius 3 is 2.20 bits per heavy atom. The van der Waals surface area contributed by atoms with Crippen LogP contribution in [0.3, 0.4) is 0 Å². The van der Waals surface area contributed by atoms with Gasteiger partial charge >= 0.3 is 0 Å². The minimum atomic E-state index is 0.897. The first-order chi connectivity index (χ1) is 14.9. The molecular weight excluding hydrogens is 364 g/mol. The maximum absolute atomic E-state index is 4.95. The second-order valence-electron chi connectivity index (χ2n) is 7.37. The molecule has 0 aliphatic heterocycles. The van der Waals surface area contributed by atoms with E-state index in [4.69, 9.17) is 5.10 Å². The van der Waals surface area contributed by atoms with Crippen molar-refractivity contribution in [2.24, 2.45) is 0 Å². The van der Waals surface area contributed by atoms with Crippen molar-refractivity contribution in [3.05, 3.63) is 127 Å². The molecule has 0 bridgehead atoms. The largest absolute Gasteiger partial charge is 0.240 e. The summed E-state index contributed by atoms with van der Waals surface area (Å²) in [5.74, 6) is 0. The maximum atomic E-state index is 4.95. The molecular formula is C28H22N2. The molecule has 0 aliphatic rings. The van der Waals surface area contributed by atoms with Gasteiger partial charge in [-0.15, -0.1) is 0 Å². The zero-order valence-electron chi connectivity index (χ0n) is 16.6. The standard InChI is InChI=1S/C28H22N2/c1-3-10-22(11-4-1)12-9-15-26-21-30(27-16-5-2-6-17-27)29-28(26)25-19-18-23-13-7-8-14-24(23)20-25/h1-11,13-21H,12H2/b15-9+. The van der Waals surface area contributed by atoms with Crippen LogP contribution in [0.5, 0.6) is 0 Å². The zero-order chi connectivity index (χ0) is 20.2. The lowest BCUT2D eigenvalue weighted by Gasteiger charge is -2.03. The van der Waals surface area contributed by atoms with Crippen molar-refractivity contribution >= 4 is 16.8 Å². The van der Waals surface area contributed by atoms with Crippen molar-refractivity contribution in [3.8, 4) is 16.9 Å².